The maximum atomic E-state index is 12.4. The number of nitrogens with one attached hydrogen (secondary N) is 1. The van der Waals surface area contributed by atoms with Crippen LogP contribution in [-0.4, -0.2) is 32.1 Å². The highest BCUT2D eigenvalue weighted by Gasteiger charge is 2.20. The van der Waals surface area contributed by atoms with Crippen molar-refractivity contribution in [1.82, 2.24) is 5.32 Å². The van der Waals surface area contributed by atoms with E-state index in [0.717, 1.165) is 18.7 Å². The molecule has 2 aromatic carbocycles. The highest BCUT2D eigenvalue weighted by Crippen LogP contribution is 2.29. The molecule has 1 N–H and O–H groups in total. The van der Waals surface area contributed by atoms with Crippen LogP contribution in [0, 0.1) is 0 Å². The molecule has 0 atom stereocenters. The molecule has 0 fully saturated rings. The van der Waals surface area contributed by atoms with Gasteiger partial charge in [-0.2, -0.15) is 0 Å². The lowest BCUT2D eigenvalue weighted by molar-refractivity contribution is 0.0976. The van der Waals surface area contributed by atoms with Gasteiger partial charge < -0.3 is 9.64 Å². The van der Waals surface area contributed by atoms with Gasteiger partial charge in [0.25, 0.3) is 5.91 Å². The lowest BCUT2D eigenvalue weighted by Gasteiger charge is -2.29. The van der Waals surface area contributed by atoms with Crippen LogP contribution in [0.15, 0.2) is 53.5 Å². The zero-order valence-electron chi connectivity index (χ0n) is 13.3. The predicted molar refractivity (Wildman–Crippen MR) is 96.2 cm³/mol. The van der Waals surface area contributed by atoms with E-state index in [2.05, 4.69) is 10.3 Å². The van der Waals surface area contributed by atoms with Crippen molar-refractivity contribution in [3.8, 4) is 5.75 Å². The standard InChI is InChI=1S/C18H18ClN3O2/c1-24-16-9-8-14(12-15(16)19)22-11-5-10-20-18(22)21-17(23)13-6-3-2-4-7-13/h2-4,6-9,12H,5,10-11H2,1H3,(H,20,21,23). The number of anilines is 1. The van der Waals surface area contributed by atoms with Crippen LogP contribution in [0.3, 0.4) is 0 Å². The van der Waals surface area contributed by atoms with Crippen molar-refractivity contribution in [3.05, 3.63) is 59.1 Å². The van der Waals surface area contributed by atoms with Crippen LogP contribution in [0.25, 0.3) is 0 Å². The molecule has 0 aliphatic carbocycles. The van der Waals surface area contributed by atoms with E-state index < -0.39 is 0 Å². The number of nitrogens with zero attached hydrogens (tertiary/aromatic N) is 2. The number of hydrogen-bond acceptors (Lipinski definition) is 4. The summed E-state index contributed by atoms with van der Waals surface area (Å²) in [6.45, 7) is 1.45. The minimum absolute atomic E-state index is 0.180. The monoisotopic (exact) mass is 343 g/mol. The Balaban J connectivity index is 1.82. The molecule has 0 unspecified atom stereocenters. The van der Waals surface area contributed by atoms with Crippen molar-refractivity contribution in [2.24, 2.45) is 4.99 Å². The predicted octanol–water partition coefficient (Wildman–Crippen LogP) is 3.34. The molecular formula is C18H18ClN3O2. The zero-order valence-corrected chi connectivity index (χ0v) is 14.1. The van der Waals surface area contributed by atoms with Gasteiger partial charge in [0.05, 0.1) is 12.1 Å². The van der Waals surface area contributed by atoms with Gasteiger partial charge in [0.2, 0.25) is 5.96 Å². The molecule has 1 heterocycles. The Morgan fingerprint density at radius 2 is 2.04 bits per heavy atom. The molecule has 3 rings (SSSR count). The molecule has 0 saturated heterocycles. The molecule has 1 amide bonds. The van der Waals surface area contributed by atoms with Crippen molar-refractivity contribution in [3.63, 3.8) is 0 Å². The van der Waals surface area contributed by atoms with Crippen molar-refractivity contribution in [2.45, 2.75) is 6.42 Å². The van der Waals surface area contributed by atoms with Gasteiger partial charge in [-0.1, -0.05) is 29.8 Å². The average molecular weight is 344 g/mol. The molecule has 0 bridgehead atoms. The van der Waals surface area contributed by atoms with E-state index in [-0.39, 0.29) is 5.91 Å². The molecule has 1 aliphatic heterocycles. The van der Waals surface area contributed by atoms with Gasteiger partial charge >= 0.3 is 0 Å². The first-order valence-electron chi connectivity index (χ1n) is 7.71. The van der Waals surface area contributed by atoms with Crippen molar-refractivity contribution >= 4 is 29.2 Å². The van der Waals surface area contributed by atoms with E-state index in [1.54, 1.807) is 19.2 Å². The van der Waals surface area contributed by atoms with E-state index >= 15 is 0 Å². The molecule has 124 valence electrons. The van der Waals surface area contributed by atoms with E-state index in [4.69, 9.17) is 16.3 Å². The summed E-state index contributed by atoms with van der Waals surface area (Å²) < 4.78 is 5.19. The average Bonchev–Trinajstić information content (AvgIpc) is 2.63. The first kappa shape index (κ1) is 16.3. The summed E-state index contributed by atoms with van der Waals surface area (Å²) in [5, 5.41) is 3.42. The number of guanidine groups is 1. The Morgan fingerprint density at radius 3 is 2.75 bits per heavy atom. The van der Waals surface area contributed by atoms with Gasteiger partial charge in [0.1, 0.15) is 5.75 Å². The highest BCUT2D eigenvalue weighted by molar-refractivity contribution is 6.32. The van der Waals surface area contributed by atoms with E-state index in [9.17, 15) is 4.79 Å². The molecule has 0 radical (unpaired) electrons. The third-order valence-electron chi connectivity index (χ3n) is 3.77. The Bertz CT molecular complexity index is 762. The number of carbonyl (C=O) groups excluding carboxylic acids is 1. The first-order chi connectivity index (χ1) is 11.7. The lowest BCUT2D eigenvalue weighted by atomic mass is 10.2. The number of rotatable bonds is 3. The van der Waals surface area contributed by atoms with Crippen LogP contribution in [0.5, 0.6) is 5.75 Å². The summed E-state index contributed by atoms with van der Waals surface area (Å²) in [5.74, 6) is 0.974. The molecule has 6 heteroatoms. The van der Waals surface area contributed by atoms with Crippen molar-refractivity contribution in [2.75, 3.05) is 25.1 Å². The van der Waals surface area contributed by atoms with Crippen LogP contribution >= 0.6 is 11.6 Å². The van der Waals surface area contributed by atoms with Crippen LogP contribution in [-0.2, 0) is 0 Å². The summed E-state index contributed by atoms with van der Waals surface area (Å²) in [6.07, 6.45) is 0.911. The number of benzene rings is 2. The Kier molecular flexibility index (Phi) is 5.01. The maximum absolute atomic E-state index is 12.4. The van der Waals surface area contributed by atoms with Gasteiger partial charge in [-0.15, -0.1) is 0 Å². The van der Waals surface area contributed by atoms with Gasteiger partial charge in [-0.05, 0) is 36.8 Å². The number of amides is 1. The topological polar surface area (TPSA) is 53.9 Å². The Morgan fingerprint density at radius 1 is 1.25 bits per heavy atom. The van der Waals surface area contributed by atoms with Crippen molar-refractivity contribution in [1.29, 1.82) is 0 Å². The van der Waals surface area contributed by atoms with Crippen LogP contribution in [0.4, 0.5) is 5.69 Å². The zero-order chi connectivity index (χ0) is 16.9. The fourth-order valence-corrected chi connectivity index (χ4v) is 2.80. The van der Waals surface area contributed by atoms with Gasteiger partial charge in [0.15, 0.2) is 0 Å². The third kappa shape index (κ3) is 3.51. The Labute approximate surface area is 145 Å². The molecular weight excluding hydrogens is 326 g/mol. The molecule has 1 aliphatic rings. The smallest absolute Gasteiger partial charge is 0.257 e. The quantitative estimate of drug-likeness (QED) is 0.929. The second-order valence-electron chi connectivity index (χ2n) is 5.35. The van der Waals surface area contributed by atoms with Gasteiger partial charge in [-0.3, -0.25) is 15.1 Å². The van der Waals surface area contributed by atoms with Crippen LogP contribution in [0.1, 0.15) is 16.8 Å². The molecule has 0 aromatic heterocycles. The van der Waals surface area contributed by atoms with E-state index in [1.165, 1.54) is 0 Å². The minimum Gasteiger partial charge on any atom is -0.495 e. The van der Waals surface area contributed by atoms with Crippen molar-refractivity contribution < 1.29 is 9.53 Å². The molecule has 0 spiro atoms. The molecule has 24 heavy (non-hydrogen) atoms. The summed E-state index contributed by atoms with van der Waals surface area (Å²) in [7, 11) is 1.58. The van der Waals surface area contributed by atoms with Gasteiger partial charge in [-0.25, -0.2) is 0 Å². The summed E-state index contributed by atoms with van der Waals surface area (Å²) in [5.41, 5.74) is 1.46. The molecule has 2 aromatic rings. The largest absolute Gasteiger partial charge is 0.495 e. The number of aliphatic imine (C=N–C) groups is 1. The second kappa shape index (κ2) is 7.36. The normalized spacial score (nSPS) is 14.1. The van der Waals surface area contributed by atoms with E-state index in [0.29, 0.717) is 28.8 Å². The lowest BCUT2D eigenvalue weighted by Crippen LogP contribution is -2.47. The summed E-state index contributed by atoms with van der Waals surface area (Å²) >= 11 is 6.22. The first-order valence-corrected chi connectivity index (χ1v) is 8.09. The summed E-state index contributed by atoms with van der Waals surface area (Å²) in [6, 6.07) is 14.6. The number of carbonyl (C=O) groups is 1. The number of hydrogen-bond donors (Lipinski definition) is 1. The minimum atomic E-state index is -0.180. The number of methoxy groups -OCH3 is 1. The second-order valence-corrected chi connectivity index (χ2v) is 5.76. The third-order valence-corrected chi connectivity index (χ3v) is 4.06. The highest BCUT2D eigenvalue weighted by atomic mass is 35.5. The molecule has 0 saturated carbocycles. The fourth-order valence-electron chi connectivity index (χ4n) is 2.55. The van der Waals surface area contributed by atoms with E-state index in [1.807, 2.05) is 41.3 Å². The fraction of sp³-hybridized carbons (Fsp3) is 0.222. The van der Waals surface area contributed by atoms with Gasteiger partial charge in [0, 0.05) is 24.3 Å². The van der Waals surface area contributed by atoms with Crippen LogP contribution < -0.4 is 15.0 Å². The SMILES string of the molecule is COc1ccc(N2CCCN=C2NC(=O)c2ccccc2)cc1Cl. The number of ether oxygens (including phenoxy) is 1. The number of halogens is 1. The Hall–Kier alpha value is -2.53. The van der Waals surface area contributed by atoms with Crippen LogP contribution in [0.2, 0.25) is 5.02 Å². The molecule has 5 nitrogen and oxygen atoms in total. The maximum Gasteiger partial charge on any atom is 0.257 e. The summed E-state index contributed by atoms with van der Waals surface area (Å²) in [4.78, 5) is 18.8.